The van der Waals surface area contributed by atoms with Crippen molar-refractivity contribution >= 4 is 34.9 Å². The Kier molecular flexibility index (Phi) is 6.59. The van der Waals surface area contributed by atoms with Crippen LogP contribution in [0.25, 0.3) is 11.3 Å². The zero-order valence-electron chi connectivity index (χ0n) is 17.1. The maximum atomic E-state index is 12.5. The maximum absolute atomic E-state index is 12.5. The number of hydrogen-bond donors (Lipinski definition) is 0. The van der Waals surface area contributed by atoms with E-state index < -0.39 is 0 Å². The lowest BCUT2D eigenvalue weighted by atomic mass is 10.1. The number of carbonyl (C=O) groups excluding carboxylic acids is 1. The summed E-state index contributed by atoms with van der Waals surface area (Å²) in [5, 5.41) is 9.90. The van der Waals surface area contributed by atoms with Gasteiger partial charge in [0.05, 0.1) is 10.7 Å². The van der Waals surface area contributed by atoms with E-state index in [4.69, 9.17) is 27.9 Å². The Labute approximate surface area is 191 Å². The van der Waals surface area contributed by atoms with E-state index in [1.54, 1.807) is 11.0 Å². The first-order valence-electron chi connectivity index (χ1n) is 10.0. The van der Waals surface area contributed by atoms with Gasteiger partial charge in [-0.25, -0.2) is 0 Å². The minimum atomic E-state index is -0.0543. The van der Waals surface area contributed by atoms with Gasteiger partial charge in [-0.15, -0.1) is 10.2 Å². The van der Waals surface area contributed by atoms with Crippen LogP contribution >= 0.6 is 23.2 Å². The molecule has 1 aliphatic heterocycles. The molecule has 3 aromatic rings. The molecule has 1 amide bonds. The largest absolute Gasteiger partial charge is 0.482 e. The SMILES string of the molecule is Cc1ccc(Cl)c(OCC(=O)N2CCN(c3ccc(-c4ccc(Cl)cc4)nn3)CC2)c1. The highest BCUT2D eigenvalue weighted by Gasteiger charge is 2.22. The fraction of sp³-hybridized carbons (Fsp3) is 0.261. The third-order valence-corrected chi connectivity index (χ3v) is 5.75. The van der Waals surface area contributed by atoms with E-state index in [2.05, 4.69) is 15.1 Å². The summed E-state index contributed by atoms with van der Waals surface area (Å²) in [6, 6.07) is 16.9. The molecule has 0 atom stereocenters. The third-order valence-electron chi connectivity index (χ3n) is 5.18. The van der Waals surface area contributed by atoms with Crippen LogP contribution in [0.5, 0.6) is 5.75 Å². The molecular formula is C23H22Cl2N4O2. The summed E-state index contributed by atoms with van der Waals surface area (Å²) in [4.78, 5) is 16.5. The van der Waals surface area contributed by atoms with Crippen LogP contribution in [0, 0.1) is 6.92 Å². The minimum absolute atomic E-state index is 0.0290. The number of halogens is 2. The Balaban J connectivity index is 1.30. The molecule has 0 saturated carbocycles. The summed E-state index contributed by atoms with van der Waals surface area (Å²) in [6.07, 6.45) is 0. The lowest BCUT2D eigenvalue weighted by Crippen LogP contribution is -2.50. The molecule has 0 radical (unpaired) electrons. The lowest BCUT2D eigenvalue weighted by Gasteiger charge is -2.35. The van der Waals surface area contributed by atoms with Crippen molar-refractivity contribution in [1.82, 2.24) is 15.1 Å². The van der Waals surface area contributed by atoms with Gasteiger partial charge in [0.1, 0.15) is 5.75 Å². The first-order valence-corrected chi connectivity index (χ1v) is 10.8. The summed E-state index contributed by atoms with van der Waals surface area (Å²) in [7, 11) is 0. The highest BCUT2D eigenvalue weighted by atomic mass is 35.5. The highest BCUT2D eigenvalue weighted by Crippen LogP contribution is 2.25. The van der Waals surface area contributed by atoms with Gasteiger partial charge in [0.2, 0.25) is 0 Å². The van der Waals surface area contributed by atoms with E-state index >= 15 is 0 Å². The van der Waals surface area contributed by atoms with Gasteiger partial charge in [0.25, 0.3) is 5.91 Å². The zero-order valence-corrected chi connectivity index (χ0v) is 18.6. The van der Waals surface area contributed by atoms with E-state index in [1.807, 2.05) is 55.5 Å². The molecule has 31 heavy (non-hydrogen) atoms. The van der Waals surface area contributed by atoms with Crippen LogP contribution in [0.2, 0.25) is 10.0 Å². The minimum Gasteiger partial charge on any atom is -0.482 e. The fourth-order valence-electron chi connectivity index (χ4n) is 3.41. The Morgan fingerprint density at radius 2 is 1.71 bits per heavy atom. The van der Waals surface area contributed by atoms with Crippen LogP contribution < -0.4 is 9.64 Å². The molecule has 2 aromatic carbocycles. The summed E-state index contributed by atoms with van der Waals surface area (Å²) in [6.45, 7) is 4.50. The predicted octanol–water partition coefficient (Wildman–Crippen LogP) is 4.49. The number of piperazine rings is 1. The summed E-state index contributed by atoms with van der Waals surface area (Å²) >= 11 is 12.1. The Morgan fingerprint density at radius 3 is 2.39 bits per heavy atom. The fourth-order valence-corrected chi connectivity index (χ4v) is 3.70. The number of nitrogens with zero attached hydrogens (tertiary/aromatic N) is 4. The number of benzene rings is 2. The normalized spacial score (nSPS) is 13.9. The van der Waals surface area contributed by atoms with E-state index in [0.717, 1.165) is 22.6 Å². The van der Waals surface area contributed by atoms with E-state index in [0.29, 0.717) is 42.0 Å². The van der Waals surface area contributed by atoms with Crippen molar-refractivity contribution in [2.24, 2.45) is 0 Å². The van der Waals surface area contributed by atoms with Crippen molar-refractivity contribution in [3.05, 3.63) is 70.2 Å². The molecule has 1 saturated heterocycles. The molecule has 2 heterocycles. The van der Waals surface area contributed by atoms with Gasteiger partial charge in [0.15, 0.2) is 12.4 Å². The number of carbonyl (C=O) groups is 1. The highest BCUT2D eigenvalue weighted by molar-refractivity contribution is 6.32. The molecular weight excluding hydrogens is 435 g/mol. The molecule has 1 aromatic heterocycles. The molecule has 0 spiro atoms. The number of aromatic nitrogens is 2. The molecule has 0 aliphatic carbocycles. The Bertz CT molecular complexity index is 1050. The third kappa shape index (κ3) is 5.27. The van der Waals surface area contributed by atoms with E-state index in [9.17, 15) is 4.79 Å². The van der Waals surface area contributed by atoms with E-state index in [-0.39, 0.29) is 12.5 Å². The average Bonchev–Trinajstić information content (AvgIpc) is 2.80. The first kappa shape index (κ1) is 21.4. The number of amides is 1. The van der Waals surface area contributed by atoms with Gasteiger partial charge in [0, 0.05) is 36.8 Å². The lowest BCUT2D eigenvalue weighted by molar-refractivity contribution is -0.133. The van der Waals surface area contributed by atoms with Crippen molar-refractivity contribution in [1.29, 1.82) is 0 Å². The Hall–Kier alpha value is -2.83. The molecule has 4 rings (SSSR count). The molecule has 0 unspecified atom stereocenters. The van der Waals surface area contributed by atoms with Gasteiger partial charge >= 0.3 is 0 Å². The van der Waals surface area contributed by atoms with Crippen LogP contribution in [-0.4, -0.2) is 53.8 Å². The van der Waals surface area contributed by atoms with Gasteiger partial charge in [-0.05, 0) is 48.9 Å². The monoisotopic (exact) mass is 456 g/mol. The van der Waals surface area contributed by atoms with Crippen molar-refractivity contribution < 1.29 is 9.53 Å². The number of ether oxygens (including phenoxy) is 1. The molecule has 0 bridgehead atoms. The van der Waals surface area contributed by atoms with Crippen LogP contribution in [-0.2, 0) is 4.79 Å². The molecule has 1 fully saturated rings. The topological polar surface area (TPSA) is 58.6 Å². The molecule has 6 nitrogen and oxygen atoms in total. The van der Waals surface area contributed by atoms with Crippen molar-refractivity contribution in [3.8, 4) is 17.0 Å². The summed E-state index contributed by atoms with van der Waals surface area (Å²) in [5.74, 6) is 1.28. The van der Waals surface area contributed by atoms with Gasteiger partial charge < -0.3 is 14.5 Å². The maximum Gasteiger partial charge on any atom is 0.260 e. The van der Waals surface area contributed by atoms with Crippen molar-refractivity contribution in [2.75, 3.05) is 37.7 Å². The van der Waals surface area contributed by atoms with Crippen molar-refractivity contribution in [2.45, 2.75) is 6.92 Å². The van der Waals surface area contributed by atoms with Crippen LogP contribution in [0.15, 0.2) is 54.6 Å². The van der Waals surface area contributed by atoms with Gasteiger partial charge in [-0.2, -0.15) is 0 Å². The zero-order chi connectivity index (χ0) is 21.8. The number of hydrogen-bond acceptors (Lipinski definition) is 5. The van der Waals surface area contributed by atoms with Gasteiger partial charge in [-0.3, -0.25) is 4.79 Å². The predicted molar refractivity (Wildman–Crippen MR) is 123 cm³/mol. The van der Waals surface area contributed by atoms with Crippen molar-refractivity contribution in [3.63, 3.8) is 0 Å². The second-order valence-electron chi connectivity index (χ2n) is 7.37. The van der Waals surface area contributed by atoms with E-state index in [1.165, 1.54) is 0 Å². The molecule has 1 aliphatic rings. The molecule has 8 heteroatoms. The molecule has 0 N–H and O–H groups in total. The van der Waals surface area contributed by atoms with Gasteiger partial charge in [-0.1, -0.05) is 41.4 Å². The Morgan fingerprint density at radius 1 is 0.968 bits per heavy atom. The van der Waals surface area contributed by atoms with Crippen LogP contribution in [0.1, 0.15) is 5.56 Å². The van der Waals surface area contributed by atoms with Crippen LogP contribution in [0.3, 0.4) is 0 Å². The first-order chi connectivity index (χ1) is 15.0. The quantitative estimate of drug-likeness (QED) is 0.565. The average molecular weight is 457 g/mol. The molecule has 160 valence electrons. The standard InChI is InChI=1S/C23H22Cl2N4O2/c1-16-2-7-19(25)21(14-16)31-15-23(30)29-12-10-28(11-13-29)22-9-8-20(26-27-22)17-3-5-18(24)6-4-17/h2-9,14H,10-13,15H2,1H3. The number of aryl methyl sites for hydroxylation is 1. The summed E-state index contributed by atoms with van der Waals surface area (Å²) < 4.78 is 5.64. The second kappa shape index (κ2) is 9.54. The number of rotatable bonds is 5. The number of anilines is 1. The van der Waals surface area contributed by atoms with Crippen LogP contribution in [0.4, 0.5) is 5.82 Å². The second-order valence-corrected chi connectivity index (χ2v) is 8.22. The smallest absolute Gasteiger partial charge is 0.260 e. The summed E-state index contributed by atoms with van der Waals surface area (Å²) in [5.41, 5.74) is 2.79.